The first-order valence-corrected chi connectivity index (χ1v) is 6.34. The number of nitrogens with zero attached hydrogens (tertiary/aromatic N) is 1. The minimum absolute atomic E-state index is 0.0735. The highest BCUT2D eigenvalue weighted by Gasteiger charge is 2.33. The van der Waals surface area contributed by atoms with E-state index in [-0.39, 0.29) is 18.0 Å². The smallest absolute Gasteiger partial charge is 0.410 e. The summed E-state index contributed by atoms with van der Waals surface area (Å²) in [5.74, 6) is -0.279. The topological polar surface area (TPSA) is 41.6 Å². The molecule has 1 aliphatic heterocycles. The van der Waals surface area contributed by atoms with Gasteiger partial charge in [-0.15, -0.1) is 0 Å². The molecule has 1 aromatic carbocycles. The van der Waals surface area contributed by atoms with Gasteiger partial charge in [-0.2, -0.15) is 0 Å². The summed E-state index contributed by atoms with van der Waals surface area (Å²) >= 11 is 0. The molecular formula is C14H19FN2O2. The number of nitrogens with one attached hydrogen (secondary N) is 1. The molecule has 1 heterocycles. The van der Waals surface area contributed by atoms with Crippen molar-refractivity contribution in [3.63, 3.8) is 0 Å². The largest absolute Gasteiger partial charge is 0.444 e. The standard InChI is InChI=1S/C14H19FN2O2/c1-14(2,3)19-13(18)17-8-10(9-17)16-12-7-5-4-6-11(12)15/h4-7,10,16H,8-9H2,1-3H3. The van der Waals surface area contributed by atoms with E-state index in [9.17, 15) is 9.18 Å². The van der Waals surface area contributed by atoms with E-state index in [1.165, 1.54) is 6.07 Å². The van der Waals surface area contributed by atoms with Gasteiger partial charge in [-0.25, -0.2) is 9.18 Å². The molecule has 0 spiro atoms. The van der Waals surface area contributed by atoms with Gasteiger partial charge in [0, 0.05) is 13.1 Å². The molecule has 0 aromatic heterocycles. The summed E-state index contributed by atoms with van der Waals surface area (Å²) < 4.78 is 18.7. The summed E-state index contributed by atoms with van der Waals surface area (Å²) in [6, 6.07) is 6.59. The predicted octanol–water partition coefficient (Wildman–Crippen LogP) is 2.86. The summed E-state index contributed by atoms with van der Waals surface area (Å²) in [7, 11) is 0. The molecule has 0 unspecified atom stereocenters. The highest BCUT2D eigenvalue weighted by Crippen LogP contribution is 2.20. The summed E-state index contributed by atoms with van der Waals surface area (Å²) in [4.78, 5) is 13.3. The van der Waals surface area contributed by atoms with Gasteiger partial charge in [0.05, 0.1) is 11.7 Å². The van der Waals surface area contributed by atoms with Crippen LogP contribution in [-0.4, -0.2) is 35.7 Å². The summed E-state index contributed by atoms with van der Waals surface area (Å²) in [6.45, 7) is 6.56. The van der Waals surface area contributed by atoms with Crippen molar-refractivity contribution in [2.45, 2.75) is 32.4 Å². The molecule has 1 amide bonds. The van der Waals surface area contributed by atoms with Gasteiger partial charge in [0.1, 0.15) is 11.4 Å². The van der Waals surface area contributed by atoms with E-state index in [2.05, 4.69) is 5.32 Å². The van der Waals surface area contributed by atoms with Crippen LogP contribution in [0.2, 0.25) is 0 Å². The second-order valence-corrected chi connectivity index (χ2v) is 5.71. The molecule has 1 aromatic rings. The monoisotopic (exact) mass is 266 g/mol. The van der Waals surface area contributed by atoms with Crippen LogP contribution < -0.4 is 5.32 Å². The number of ether oxygens (including phenoxy) is 1. The summed E-state index contributed by atoms with van der Waals surface area (Å²) in [5.41, 5.74) is -0.0162. The Morgan fingerprint density at radius 3 is 2.58 bits per heavy atom. The zero-order chi connectivity index (χ0) is 14.0. The SMILES string of the molecule is CC(C)(C)OC(=O)N1CC(Nc2ccccc2F)C1. The average Bonchev–Trinajstić information content (AvgIpc) is 2.22. The van der Waals surface area contributed by atoms with E-state index < -0.39 is 5.60 Å². The van der Waals surface area contributed by atoms with E-state index in [1.807, 2.05) is 20.8 Å². The Morgan fingerprint density at radius 1 is 1.37 bits per heavy atom. The third-order valence-electron chi connectivity index (χ3n) is 2.77. The van der Waals surface area contributed by atoms with Crippen LogP contribution in [0.1, 0.15) is 20.8 Å². The number of amides is 1. The fraction of sp³-hybridized carbons (Fsp3) is 0.500. The highest BCUT2D eigenvalue weighted by atomic mass is 19.1. The van der Waals surface area contributed by atoms with Crippen LogP contribution in [0.15, 0.2) is 24.3 Å². The number of likely N-dealkylation sites (tertiary alicyclic amines) is 1. The molecule has 2 rings (SSSR count). The zero-order valence-electron chi connectivity index (χ0n) is 11.4. The van der Waals surface area contributed by atoms with Crippen LogP contribution in [0.4, 0.5) is 14.9 Å². The van der Waals surface area contributed by atoms with Crippen molar-refractivity contribution in [1.82, 2.24) is 4.90 Å². The van der Waals surface area contributed by atoms with Gasteiger partial charge in [0.15, 0.2) is 0 Å². The molecule has 0 radical (unpaired) electrons. The van der Waals surface area contributed by atoms with Crippen LogP contribution in [0, 0.1) is 5.82 Å². The number of benzene rings is 1. The summed E-state index contributed by atoms with van der Waals surface area (Å²) in [6.07, 6.45) is -0.320. The molecule has 5 heteroatoms. The first-order chi connectivity index (χ1) is 8.85. The molecule has 1 aliphatic rings. The third kappa shape index (κ3) is 3.59. The Bertz CT molecular complexity index is 465. The highest BCUT2D eigenvalue weighted by molar-refractivity contribution is 5.69. The average molecular weight is 266 g/mol. The number of halogens is 1. The maximum Gasteiger partial charge on any atom is 0.410 e. The van der Waals surface area contributed by atoms with Crippen molar-refractivity contribution in [2.75, 3.05) is 18.4 Å². The van der Waals surface area contributed by atoms with Crippen LogP contribution in [0.5, 0.6) is 0 Å². The van der Waals surface area contributed by atoms with E-state index in [0.29, 0.717) is 18.8 Å². The number of anilines is 1. The van der Waals surface area contributed by atoms with Gasteiger partial charge in [-0.05, 0) is 32.9 Å². The van der Waals surface area contributed by atoms with Crippen LogP contribution >= 0.6 is 0 Å². The number of hydrogen-bond donors (Lipinski definition) is 1. The van der Waals surface area contributed by atoms with Gasteiger partial charge in [-0.3, -0.25) is 0 Å². The second-order valence-electron chi connectivity index (χ2n) is 5.71. The van der Waals surface area contributed by atoms with Crippen molar-refractivity contribution >= 4 is 11.8 Å². The third-order valence-corrected chi connectivity index (χ3v) is 2.77. The van der Waals surface area contributed by atoms with Gasteiger partial charge < -0.3 is 15.0 Å². The molecule has 0 bridgehead atoms. The normalized spacial score (nSPS) is 15.9. The predicted molar refractivity (Wildman–Crippen MR) is 71.6 cm³/mol. The number of rotatable bonds is 2. The van der Waals surface area contributed by atoms with Crippen molar-refractivity contribution < 1.29 is 13.9 Å². The maximum absolute atomic E-state index is 13.4. The Labute approximate surface area is 112 Å². The van der Waals surface area contributed by atoms with Crippen molar-refractivity contribution in [3.05, 3.63) is 30.1 Å². The minimum Gasteiger partial charge on any atom is -0.444 e. The molecule has 4 nitrogen and oxygen atoms in total. The fourth-order valence-electron chi connectivity index (χ4n) is 1.84. The summed E-state index contributed by atoms with van der Waals surface area (Å²) in [5, 5.41) is 3.07. The lowest BCUT2D eigenvalue weighted by Crippen LogP contribution is -2.58. The van der Waals surface area contributed by atoms with E-state index in [4.69, 9.17) is 4.74 Å². The second kappa shape index (κ2) is 5.07. The van der Waals surface area contributed by atoms with Crippen molar-refractivity contribution in [2.24, 2.45) is 0 Å². The van der Waals surface area contributed by atoms with E-state index >= 15 is 0 Å². The molecule has 0 atom stereocenters. The van der Waals surface area contributed by atoms with Gasteiger partial charge >= 0.3 is 6.09 Å². The first kappa shape index (κ1) is 13.6. The molecule has 1 saturated heterocycles. The Balaban J connectivity index is 1.81. The quantitative estimate of drug-likeness (QED) is 0.895. The molecule has 104 valence electrons. The van der Waals surface area contributed by atoms with Gasteiger partial charge in [0.25, 0.3) is 0 Å². The first-order valence-electron chi connectivity index (χ1n) is 6.34. The van der Waals surface area contributed by atoms with Crippen molar-refractivity contribution in [3.8, 4) is 0 Å². The van der Waals surface area contributed by atoms with E-state index in [0.717, 1.165) is 0 Å². The lowest BCUT2D eigenvalue weighted by atomic mass is 10.1. The lowest BCUT2D eigenvalue weighted by Gasteiger charge is -2.40. The molecular weight excluding hydrogens is 247 g/mol. The number of carbonyl (C=O) groups is 1. The van der Waals surface area contributed by atoms with Crippen LogP contribution in [-0.2, 0) is 4.74 Å². The van der Waals surface area contributed by atoms with Gasteiger partial charge in [0.2, 0.25) is 0 Å². The minimum atomic E-state index is -0.485. The van der Waals surface area contributed by atoms with E-state index in [1.54, 1.807) is 23.1 Å². The maximum atomic E-state index is 13.4. The molecule has 0 saturated carbocycles. The molecule has 0 aliphatic carbocycles. The number of para-hydroxylation sites is 1. The Kier molecular flexibility index (Phi) is 3.64. The van der Waals surface area contributed by atoms with Crippen LogP contribution in [0.25, 0.3) is 0 Å². The van der Waals surface area contributed by atoms with Gasteiger partial charge in [-0.1, -0.05) is 12.1 Å². The fourth-order valence-corrected chi connectivity index (χ4v) is 1.84. The molecule has 1 N–H and O–H groups in total. The number of carbonyl (C=O) groups excluding carboxylic acids is 1. The number of hydrogen-bond acceptors (Lipinski definition) is 3. The molecule has 1 fully saturated rings. The molecule has 19 heavy (non-hydrogen) atoms. The Morgan fingerprint density at radius 2 is 2.00 bits per heavy atom. The lowest BCUT2D eigenvalue weighted by molar-refractivity contribution is 0.0105. The Hall–Kier alpha value is -1.78. The zero-order valence-corrected chi connectivity index (χ0v) is 11.4. The van der Waals surface area contributed by atoms with Crippen LogP contribution in [0.3, 0.4) is 0 Å². The van der Waals surface area contributed by atoms with Crippen molar-refractivity contribution in [1.29, 1.82) is 0 Å².